The zero-order valence-electron chi connectivity index (χ0n) is 11.3. The van der Waals surface area contributed by atoms with E-state index in [9.17, 15) is 14.4 Å². The number of ether oxygens (including phenoxy) is 1. The van der Waals surface area contributed by atoms with E-state index >= 15 is 0 Å². The highest BCUT2D eigenvalue weighted by Crippen LogP contribution is 2.40. The second-order valence-electron chi connectivity index (χ2n) is 4.99. The molecule has 0 aliphatic heterocycles. The fourth-order valence-corrected chi connectivity index (χ4v) is 2.80. The third-order valence-corrected chi connectivity index (χ3v) is 3.98. The van der Waals surface area contributed by atoms with Gasteiger partial charge in [-0.15, -0.1) is 0 Å². The number of esters is 1. The average molecular weight is 275 g/mol. The number of carbonyl (C=O) groups is 3. The molecule has 0 fully saturated rings. The van der Waals surface area contributed by atoms with Gasteiger partial charge in [-0.25, -0.2) is 0 Å². The van der Waals surface area contributed by atoms with Gasteiger partial charge in [0.05, 0.1) is 12.5 Å². The summed E-state index contributed by atoms with van der Waals surface area (Å²) in [4.78, 5) is 35.3. The maximum absolute atomic E-state index is 12.0. The topological polar surface area (TPSA) is 86.5 Å². The van der Waals surface area contributed by atoms with Gasteiger partial charge in [-0.05, 0) is 18.4 Å². The number of amides is 1. The summed E-state index contributed by atoms with van der Waals surface area (Å²) in [5.41, 5.74) is 5.79. The summed E-state index contributed by atoms with van der Waals surface area (Å²) in [5.74, 6) is -0.878. The second kappa shape index (κ2) is 5.45. The number of rotatable bonds is 4. The van der Waals surface area contributed by atoms with Crippen molar-refractivity contribution in [2.24, 2.45) is 5.73 Å². The van der Waals surface area contributed by atoms with Crippen molar-refractivity contribution < 1.29 is 19.1 Å². The predicted octanol–water partition coefficient (Wildman–Crippen LogP) is 1.34. The smallest absolute Gasteiger partial charge is 0.305 e. The molecular weight excluding hydrogens is 258 g/mol. The Balaban J connectivity index is 2.43. The van der Waals surface area contributed by atoms with E-state index < -0.39 is 11.3 Å². The number of carbonyl (C=O) groups excluding carboxylic acids is 3. The molecule has 2 N–H and O–H groups in total. The van der Waals surface area contributed by atoms with E-state index in [0.29, 0.717) is 17.5 Å². The molecule has 1 aliphatic carbocycles. The van der Waals surface area contributed by atoms with Crippen LogP contribution in [0.4, 0.5) is 0 Å². The van der Waals surface area contributed by atoms with E-state index in [4.69, 9.17) is 5.73 Å². The summed E-state index contributed by atoms with van der Waals surface area (Å²) in [5, 5.41) is 0. The van der Waals surface area contributed by atoms with Crippen molar-refractivity contribution in [3.8, 4) is 0 Å². The van der Waals surface area contributed by atoms with E-state index in [0.717, 1.165) is 0 Å². The van der Waals surface area contributed by atoms with Crippen molar-refractivity contribution in [2.75, 3.05) is 7.11 Å². The second-order valence-corrected chi connectivity index (χ2v) is 4.99. The van der Waals surface area contributed by atoms with Gasteiger partial charge in [0, 0.05) is 18.4 Å². The average Bonchev–Trinajstić information content (AvgIpc) is 2.46. The van der Waals surface area contributed by atoms with Crippen molar-refractivity contribution >= 4 is 17.7 Å². The number of hydrogen-bond acceptors (Lipinski definition) is 4. The Kier molecular flexibility index (Phi) is 3.88. The quantitative estimate of drug-likeness (QED) is 0.840. The van der Waals surface area contributed by atoms with Gasteiger partial charge in [0.25, 0.3) is 0 Å². The summed E-state index contributed by atoms with van der Waals surface area (Å²) in [6, 6.07) is 6.97. The first-order valence-electron chi connectivity index (χ1n) is 6.50. The molecule has 2 rings (SSSR count). The first-order chi connectivity index (χ1) is 9.51. The standard InChI is InChI=1S/C15H17NO4/c1-20-13(18)7-9-15(14(16)19)8-6-12(17)10-4-2-3-5-11(10)15/h2-5H,6-9H2,1H3,(H2,16,19)/t15-/m0/s1. The van der Waals surface area contributed by atoms with Gasteiger partial charge in [-0.3, -0.25) is 14.4 Å². The molecule has 0 heterocycles. The van der Waals surface area contributed by atoms with Crippen LogP contribution in [0.2, 0.25) is 0 Å². The number of benzene rings is 1. The molecule has 0 radical (unpaired) electrons. The molecule has 5 nitrogen and oxygen atoms in total. The van der Waals surface area contributed by atoms with Crippen LogP contribution < -0.4 is 5.73 Å². The molecule has 0 aromatic heterocycles. The largest absolute Gasteiger partial charge is 0.469 e. The molecule has 1 atom stereocenters. The lowest BCUT2D eigenvalue weighted by molar-refractivity contribution is -0.141. The van der Waals surface area contributed by atoms with Gasteiger partial charge in [0.2, 0.25) is 5.91 Å². The lowest BCUT2D eigenvalue weighted by Gasteiger charge is -2.35. The van der Waals surface area contributed by atoms with Crippen LogP contribution in [0.15, 0.2) is 24.3 Å². The lowest BCUT2D eigenvalue weighted by atomic mass is 9.66. The van der Waals surface area contributed by atoms with Crippen molar-refractivity contribution in [1.82, 2.24) is 0 Å². The van der Waals surface area contributed by atoms with Crippen LogP contribution in [0.25, 0.3) is 0 Å². The van der Waals surface area contributed by atoms with E-state index in [-0.39, 0.29) is 31.0 Å². The van der Waals surface area contributed by atoms with Crippen LogP contribution in [0.3, 0.4) is 0 Å². The molecule has 0 bridgehead atoms. The number of primary amides is 1. The minimum absolute atomic E-state index is 0.00976. The normalized spacial score (nSPS) is 21.1. The van der Waals surface area contributed by atoms with E-state index in [1.54, 1.807) is 24.3 Å². The fraction of sp³-hybridized carbons (Fsp3) is 0.400. The van der Waals surface area contributed by atoms with Crippen molar-refractivity contribution in [1.29, 1.82) is 0 Å². The number of ketones is 1. The van der Waals surface area contributed by atoms with Crippen LogP contribution in [0.5, 0.6) is 0 Å². The predicted molar refractivity (Wildman–Crippen MR) is 72.1 cm³/mol. The van der Waals surface area contributed by atoms with Crippen LogP contribution in [-0.2, 0) is 19.7 Å². The molecule has 1 amide bonds. The SMILES string of the molecule is COC(=O)CC[C@@]1(C(N)=O)CCC(=O)c2ccccc21. The van der Waals surface area contributed by atoms with Crippen molar-refractivity contribution in [2.45, 2.75) is 31.1 Å². The maximum atomic E-state index is 12.0. The van der Waals surface area contributed by atoms with Gasteiger partial charge >= 0.3 is 5.97 Å². The van der Waals surface area contributed by atoms with Gasteiger partial charge < -0.3 is 10.5 Å². The first kappa shape index (κ1) is 14.2. The zero-order valence-corrected chi connectivity index (χ0v) is 11.3. The minimum Gasteiger partial charge on any atom is -0.469 e. The van der Waals surface area contributed by atoms with Gasteiger partial charge in [0.1, 0.15) is 0 Å². The zero-order chi connectivity index (χ0) is 14.8. The Morgan fingerprint density at radius 3 is 2.70 bits per heavy atom. The Morgan fingerprint density at radius 2 is 2.05 bits per heavy atom. The van der Waals surface area contributed by atoms with Gasteiger partial charge in [-0.1, -0.05) is 24.3 Å². The summed E-state index contributed by atoms with van der Waals surface area (Å²) >= 11 is 0. The minimum atomic E-state index is -0.960. The molecule has 20 heavy (non-hydrogen) atoms. The van der Waals surface area contributed by atoms with Crippen LogP contribution in [-0.4, -0.2) is 24.8 Å². The number of nitrogens with two attached hydrogens (primary N) is 1. The van der Waals surface area contributed by atoms with Crippen molar-refractivity contribution in [3.63, 3.8) is 0 Å². The third-order valence-electron chi connectivity index (χ3n) is 3.98. The number of hydrogen-bond donors (Lipinski definition) is 1. The maximum Gasteiger partial charge on any atom is 0.305 e. The Morgan fingerprint density at radius 1 is 1.35 bits per heavy atom. The first-order valence-corrected chi connectivity index (χ1v) is 6.50. The summed E-state index contributed by atoms with van der Waals surface area (Å²) < 4.78 is 4.62. The van der Waals surface area contributed by atoms with E-state index in [1.165, 1.54) is 7.11 Å². The molecule has 5 heteroatoms. The fourth-order valence-electron chi connectivity index (χ4n) is 2.80. The number of fused-ring (bicyclic) bond motifs is 1. The number of methoxy groups -OCH3 is 1. The Labute approximate surface area is 117 Å². The molecule has 106 valence electrons. The van der Waals surface area contributed by atoms with E-state index in [2.05, 4.69) is 4.74 Å². The Hall–Kier alpha value is -2.17. The Bertz CT molecular complexity index is 567. The molecule has 1 aliphatic rings. The molecule has 1 aromatic carbocycles. The van der Waals surface area contributed by atoms with Crippen LogP contribution >= 0.6 is 0 Å². The monoisotopic (exact) mass is 275 g/mol. The summed E-state index contributed by atoms with van der Waals surface area (Å²) in [7, 11) is 1.30. The lowest BCUT2D eigenvalue weighted by Crippen LogP contribution is -2.45. The highest BCUT2D eigenvalue weighted by atomic mass is 16.5. The highest BCUT2D eigenvalue weighted by molar-refractivity contribution is 6.03. The summed E-state index contributed by atoms with van der Waals surface area (Å²) in [6.45, 7) is 0. The van der Waals surface area contributed by atoms with Gasteiger partial charge in [-0.2, -0.15) is 0 Å². The molecule has 1 aromatic rings. The van der Waals surface area contributed by atoms with E-state index in [1.807, 2.05) is 0 Å². The summed E-state index contributed by atoms with van der Waals surface area (Å²) in [6.07, 6.45) is 0.970. The number of Topliss-reactive ketones (excluding diaryl/α,β-unsaturated/α-hetero) is 1. The van der Waals surface area contributed by atoms with Crippen LogP contribution in [0, 0.1) is 0 Å². The van der Waals surface area contributed by atoms with Crippen LogP contribution in [0.1, 0.15) is 41.6 Å². The molecule has 0 saturated heterocycles. The molecular formula is C15H17NO4. The molecule has 0 spiro atoms. The van der Waals surface area contributed by atoms with Gasteiger partial charge in [0.15, 0.2) is 5.78 Å². The third kappa shape index (κ3) is 2.31. The molecule has 0 unspecified atom stereocenters. The molecule has 0 saturated carbocycles. The van der Waals surface area contributed by atoms with Crippen molar-refractivity contribution in [3.05, 3.63) is 35.4 Å². The highest BCUT2D eigenvalue weighted by Gasteiger charge is 2.44.